The van der Waals surface area contributed by atoms with Crippen molar-refractivity contribution in [1.29, 1.82) is 0 Å². The van der Waals surface area contributed by atoms with Gasteiger partial charge in [-0.05, 0) is 47.2 Å². The van der Waals surface area contributed by atoms with Gasteiger partial charge < -0.3 is 5.32 Å². The standard InChI is InChI=1S/C18H23N.C6H6/c1-13(2)15-5-9-17(10-6-15)19-18-11-7-16(8-12-18)14(3)4;1-2-4-6-5-3-1/h5-14,19H,1-4H3;1-6H. The minimum atomic E-state index is 0.583. The van der Waals surface area contributed by atoms with Crippen molar-refractivity contribution in [3.63, 3.8) is 0 Å². The average molecular weight is 332 g/mol. The lowest BCUT2D eigenvalue weighted by atomic mass is 10.0. The summed E-state index contributed by atoms with van der Waals surface area (Å²) in [5.41, 5.74) is 5.03. The summed E-state index contributed by atoms with van der Waals surface area (Å²) in [6.45, 7) is 8.86. The van der Waals surface area contributed by atoms with Crippen LogP contribution in [0, 0.1) is 0 Å². The molecule has 0 aliphatic heterocycles. The van der Waals surface area contributed by atoms with Crippen LogP contribution < -0.4 is 5.32 Å². The third-order valence-electron chi connectivity index (χ3n) is 4.11. The van der Waals surface area contributed by atoms with E-state index in [-0.39, 0.29) is 0 Å². The molecule has 0 aromatic heterocycles. The minimum absolute atomic E-state index is 0.583. The van der Waals surface area contributed by atoms with Gasteiger partial charge in [0.1, 0.15) is 0 Å². The van der Waals surface area contributed by atoms with Gasteiger partial charge in [-0.25, -0.2) is 0 Å². The molecule has 0 saturated heterocycles. The van der Waals surface area contributed by atoms with E-state index >= 15 is 0 Å². The van der Waals surface area contributed by atoms with Crippen molar-refractivity contribution in [2.24, 2.45) is 0 Å². The van der Waals surface area contributed by atoms with Crippen LogP contribution in [-0.2, 0) is 0 Å². The Kier molecular flexibility index (Phi) is 7.28. The Morgan fingerprint density at radius 1 is 0.480 bits per heavy atom. The second-order valence-corrected chi connectivity index (χ2v) is 6.83. The van der Waals surface area contributed by atoms with E-state index in [9.17, 15) is 0 Å². The topological polar surface area (TPSA) is 12.0 Å². The van der Waals surface area contributed by atoms with E-state index in [0.717, 1.165) is 11.4 Å². The first kappa shape index (κ1) is 18.8. The van der Waals surface area contributed by atoms with Crippen molar-refractivity contribution < 1.29 is 0 Å². The van der Waals surface area contributed by atoms with Crippen molar-refractivity contribution in [2.75, 3.05) is 5.32 Å². The van der Waals surface area contributed by atoms with Gasteiger partial charge in [-0.1, -0.05) is 88.4 Å². The smallest absolute Gasteiger partial charge is 0.0384 e. The first-order valence-electron chi connectivity index (χ1n) is 9.03. The largest absolute Gasteiger partial charge is 0.356 e. The molecule has 1 nitrogen and oxygen atoms in total. The van der Waals surface area contributed by atoms with Crippen LogP contribution in [-0.4, -0.2) is 0 Å². The molecule has 0 amide bonds. The zero-order chi connectivity index (χ0) is 18.1. The normalized spacial score (nSPS) is 10.3. The zero-order valence-electron chi connectivity index (χ0n) is 15.7. The maximum atomic E-state index is 3.44. The Bertz CT molecular complexity index is 634. The van der Waals surface area contributed by atoms with Gasteiger partial charge in [0.25, 0.3) is 0 Å². The van der Waals surface area contributed by atoms with Crippen LogP contribution in [0.4, 0.5) is 11.4 Å². The van der Waals surface area contributed by atoms with Crippen LogP contribution in [0.2, 0.25) is 0 Å². The summed E-state index contributed by atoms with van der Waals surface area (Å²) in [6, 6.07) is 29.3. The molecule has 3 aromatic rings. The van der Waals surface area contributed by atoms with Gasteiger partial charge in [0, 0.05) is 11.4 Å². The molecule has 1 heteroatoms. The van der Waals surface area contributed by atoms with Crippen LogP contribution in [0.15, 0.2) is 84.9 Å². The van der Waals surface area contributed by atoms with Crippen molar-refractivity contribution in [3.8, 4) is 0 Å². The Balaban J connectivity index is 0.000000316. The van der Waals surface area contributed by atoms with Crippen molar-refractivity contribution in [1.82, 2.24) is 0 Å². The van der Waals surface area contributed by atoms with Crippen molar-refractivity contribution >= 4 is 11.4 Å². The first-order chi connectivity index (χ1) is 12.1. The lowest BCUT2D eigenvalue weighted by molar-refractivity contribution is 0.866. The molecule has 0 saturated carbocycles. The third-order valence-corrected chi connectivity index (χ3v) is 4.11. The highest BCUT2D eigenvalue weighted by atomic mass is 14.9. The summed E-state index contributed by atoms with van der Waals surface area (Å²) in [5, 5.41) is 3.44. The third kappa shape index (κ3) is 6.46. The lowest BCUT2D eigenvalue weighted by Crippen LogP contribution is -1.93. The lowest BCUT2D eigenvalue weighted by Gasteiger charge is -2.11. The van der Waals surface area contributed by atoms with E-state index in [4.69, 9.17) is 0 Å². The maximum absolute atomic E-state index is 3.44. The summed E-state index contributed by atoms with van der Waals surface area (Å²) >= 11 is 0. The molecule has 25 heavy (non-hydrogen) atoms. The highest BCUT2D eigenvalue weighted by Gasteiger charge is 2.01. The van der Waals surface area contributed by atoms with Crippen molar-refractivity contribution in [2.45, 2.75) is 39.5 Å². The summed E-state index contributed by atoms with van der Waals surface area (Å²) in [5.74, 6) is 1.17. The molecule has 0 unspecified atom stereocenters. The quantitative estimate of drug-likeness (QED) is 0.526. The monoisotopic (exact) mass is 331 g/mol. The molecule has 0 radical (unpaired) electrons. The first-order valence-corrected chi connectivity index (χ1v) is 9.03. The van der Waals surface area contributed by atoms with E-state index < -0.39 is 0 Å². The van der Waals surface area contributed by atoms with Gasteiger partial charge in [0.15, 0.2) is 0 Å². The molecule has 3 rings (SSSR count). The van der Waals surface area contributed by atoms with Crippen LogP contribution in [0.5, 0.6) is 0 Å². The van der Waals surface area contributed by atoms with E-state index in [0.29, 0.717) is 11.8 Å². The highest BCUT2D eigenvalue weighted by molar-refractivity contribution is 5.60. The fraction of sp³-hybridized carbons (Fsp3) is 0.250. The van der Waals surface area contributed by atoms with E-state index in [1.165, 1.54) is 11.1 Å². The van der Waals surface area contributed by atoms with Crippen LogP contribution in [0.3, 0.4) is 0 Å². The molecule has 130 valence electrons. The average Bonchev–Trinajstić information content (AvgIpc) is 2.64. The van der Waals surface area contributed by atoms with Gasteiger partial charge in [-0.2, -0.15) is 0 Å². The number of benzene rings is 3. The maximum Gasteiger partial charge on any atom is 0.0384 e. The predicted octanol–water partition coefficient (Wildman–Crippen LogP) is 7.36. The number of nitrogens with one attached hydrogen (secondary N) is 1. The molecule has 3 aromatic carbocycles. The second-order valence-electron chi connectivity index (χ2n) is 6.83. The molecule has 0 aliphatic carbocycles. The van der Waals surface area contributed by atoms with Gasteiger partial charge in [0.05, 0.1) is 0 Å². The number of hydrogen-bond acceptors (Lipinski definition) is 1. The number of rotatable bonds is 4. The number of anilines is 2. The Morgan fingerprint density at radius 3 is 1.00 bits per heavy atom. The van der Waals surface area contributed by atoms with Gasteiger partial charge in [0.2, 0.25) is 0 Å². The summed E-state index contributed by atoms with van der Waals surface area (Å²) in [6.07, 6.45) is 0. The second kappa shape index (κ2) is 9.68. The van der Waals surface area contributed by atoms with Crippen molar-refractivity contribution in [3.05, 3.63) is 96.1 Å². The highest BCUT2D eigenvalue weighted by Crippen LogP contribution is 2.22. The Labute approximate surface area is 152 Å². The molecule has 1 N–H and O–H groups in total. The molecular formula is C24H29N. The summed E-state index contributed by atoms with van der Waals surface area (Å²) < 4.78 is 0. The molecule has 0 aliphatic rings. The van der Waals surface area contributed by atoms with Crippen LogP contribution >= 0.6 is 0 Å². The molecule has 0 fully saturated rings. The molecule has 0 atom stereocenters. The zero-order valence-corrected chi connectivity index (χ0v) is 15.7. The summed E-state index contributed by atoms with van der Waals surface area (Å²) in [4.78, 5) is 0. The van der Waals surface area contributed by atoms with E-state index in [1.807, 2.05) is 36.4 Å². The minimum Gasteiger partial charge on any atom is -0.356 e. The molecule has 0 bridgehead atoms. The SMILES string of the molecule is CC(C)c1ccc(Nc2ccc(C(C)C)cc2)cc1.c1ccccc1. The van der Waals surface area contributed by atoms with Crippen LogP contribution in [0.25, 0.3) is 0 Å². The van der Waals surface area contributed by atoms with Crippen LogP contribution in [0.1, 0.15) is 50.7 Å². The van der Waals surface area contributed by atoms with Gasteiger partial charge >= 0.3 is 0 Å². The van der Waals surface area contributed by atoms with Gasteiger partial charge in [-0.15, -0.1) is 0 Å². The summed E-state index contributed by atoms with van der Waals surface area (Å²) in [7, 11) is 0. The Hall–Kier alpha value is -2.54. The fourth-order valence-electron chi connectivity index (χ4n) is 2.45. The Morgan fingerprint density at radius 2 is 0.760 bits per heavy atom. The fourth-order valence-corrected chi connectivity index (χ4v) is 2.45. The molecule has 0 spiro atoms. The molecule has 0 heterocycles. The molecular weight excluding hydrogens is 302 g/mol. The van der Waals surface area contributed by atoms with Gasteiger partial charge in [-0.3, -0.25) is 0 Å². The number of hydrogen-bond donors (Lipinski definition) is 1. The van der Waals surface area contributed by atoms with E-state index in [1.54, 1.807) is 0 Å². The van der Waals surface area contributed by atoms with E-state index in [2.05, 4.69) is 81.5 Å². The predicted molar refractivity (Wildman–Crippen MR) is 111 cm³/mol.